The van der Waals surface area contributed by atoms with Crippen molar-refractivity contribution in [1.82, 2.24) is 0 Å². The Morgan fingerprint density at radius 3 is 0.929 bits per heavy atom. The molecule has 5 nitrogen and oxygen atoms in total. The lowest BCUT2D eigenvalue weighted by atomic mass is 10.0. The van der Waals surface area contributed by atoms with Gasteiger partial charge in [-0.15, -0.1) is 0 Å². The van der Waals surface area contributed by atoms with Crippen molar-refractivity contribution in [2.24, 2.45) is 17.2 Å². The van der Waals surface area contributed by atoms with Crippen LogP contribution in [0.25, 0.3) is 0 Å². The maximum atomic E-state index is 9.00. The maximum Gasteiger partial charge on any atom is 0.300 e. The van der Waals surface area contributed by atoms with E-state index in [2.05, 4.69) is 6.92 Å². The molecule has 0 aliphatic heterocycles. The lowest BCUT2D eigenvalue weighted by Gasteiger charge is -2.03. The molecule has 0 aromatic carbocycles. The number of rotatable bonds is 18. The second-order valence-electron chi connectivity index (χ2n) is 7.54. The third-order valence-electron chi connectivity index (χ3n) is 4.47. The minimum Gasteiger partial charge on any atom is -0.481 e. The Bertz CT molecular complexity index is 242. The number of nitrogens with two attached hydrogens (primary N) is 3. The zero-order valence-electron chi connectivity index (χ0n) is 19.2. The fraction of sp³-hybridized carbons (Fsp3) is 0.957. The quantitative estimate of drug-likeness (QED) is 0.223. The first-order valence-electron chi connectivity index (χ1n) is 11.9. The number of hydrogen-bond donors (Lipinski definition) is 4. The van der Waals surface area contributed by atoms with Crippen LogP contribution in [0, 0.1) is 0 Å². The van der Waals surface area contributed by atoms with E-state index in [1.54, 1.807) is 0 Å². The lowest BCUT2D eigenvalue weighted by molar-refractivity contribution is -0.134. The number of aliphatic carboxylic acids is 1. The minimum absolute atomic E-state index is 0.719. The van der Waals surface area contributed by atoms with Crippen molar-refractivity contribution in [3.63, 3.8) is 0 Å². The molecule has 0 atom stereocenters. The Labute approximate surface area is 176 Å². The van der Waals surface area contributed by atoms with Crippen LogP contribution in [0.15, 0.2) is 0 Å². The molecule has 0 aromatic heterocycles. The van der Waals surface area contributed by atoms with Crippen LogP contribution in [0.3, 0.4) is 0 Å². The zero-order chi connectivity index (χ0) is 21.7. The van der Waals surface area contributed by atoms with Gasteiger partial charge in [0.05, 0.1) is 0 Å². The van der Waals surface area contributed by atoms with Gasteiger partial charge in [0, 0.05) is 6.92 Å². The average Bonchev–Trinajstić information content (AvgIpc) is 2.66. The first-order chi connectivity index (χ1) is 13.6. The fourth-order valence-corrected chi connectivity index (χ4v) is 2.81. The number of carbonyl (C=O) groups is 1. The van der Waals surface area contributed by atoms with Gasteiger partial charge in [-0.3, -0.25) is 4.79 Å². The largest absolute Gasteiger partial charge is 0.481 e. The molecule has 0 unspecified atom stereocenters. The van der Waals surface area contributed by atoms with E-state index in [1.807, 2.05) is 0 Å². The Hall–Kier alpha value is -0.650. The summed E-state index contributed by atoms with van der Waals surface area (Å²) < 4.78 is 0. The van der Waals surface area contributed by atoms with Crippen LogP contribution in [0.5, 0.6) is 0 Å². The molecule has 0 aliphatic rings. The number of carboxylic acids is 1. The predicted octanol–water partition coefficient (Wildman–Crippen LogP) is 5.59. The van der Waals surface area contributed by atoms with Gasteiger partial charge >= 0.3 is 0 Å². The monoisotopic (exact) mass is 403 g/mol. The predicted molar refractivity (Wildman–Crippen MR) is 125 cm³/mol. The highest BCUT2D eigenvalue weighted by Gasteiger charge is 1.94. The van der Waals surface area contributed by atoms with Gasteiger partial charge < -0.3 is 22.3 Å². The van der Waals surface area contributed by atoms with Crippen molar-refractivity contribution in [1.29, 1.82) is 0 Å². The minimum atomic E-state index is -0.833. The Morgan fingerprint density at radius 2 is 0.750 bits per heavy atom. The summed E-state index contributed by atoms with van der Waals surface area (Å²) in [6, 6.07) is 0. The van der Waals surface area contributed by atoms with Crippen molar-refractivity contribution in [2.45, 2.75) is 123 Å². The highest BCUT2D eigenvalue weighted by atomic mass is 16.4. The molecule has 0 heterocycles. The van der Waals surface area contributed by atoms with E-state index in [1.165, 1.54) is 103 Å². The van der Waals surface area contributed by atoms with E-state index >= 15 is 0 Å². The third kappa shape index (κ3) is 49.9. The molecule has 0 rings (SSSR count). The van der Waals surface area contributed by atoms with Crippen molar-refractivity contribution in [3.8, 4) is 0 Å². The normalized spacial score (nSPS) is 9.89. The number of hydrogen-bond acceptors (Lipinski definition) is 4. The molecule has 5 heteroatoms. The molecule has 0 amide bonds. The summed E-state index contributed by atoms with van der Waals surface area (Å²) in [5.41, 5.74) is 15.6. The summed E-state index contributed by atoms with van der Waals surface area (Å²) in [5, 5.41) is 7.42. The summed E-state index contributed by atoms with van der Waals surface area (Å²) in [7, 11) is 0. The zero-order valence-corrected chi connectivity index (χ0v) is 19.2. The van der Waals surface area contributed by atoms with E-state index in [4.69, 9.17) is 27.1 Å². The van der Waals surface area contributed by atoms with Crippen molar-refractivity contribution in [2.75, 3.05) is 19.6 Å². The molecule has 28 heavy (non-hydrogen) atoms. The Kier molecular flexibility index (Phi) is 38.8. The van der Waals surface area contributed by atoms with Gasteiger partial charge in [-0.1, -0.05) is 103 Å². The molecule has 172 valence electrons. The van der Waals surface area contributed by atoms with Crippen LogP contribution >= 0.6 is 0 Å². The second-order valence-corrected chi connectivity index (χ2v) is 7.54. The molecule has 0 bridgehead atoms. The Balaban J connectivity index is -0.000000575. The van der Waals surface area contributed by atoms with Crippen molar-refractivity contribution in [3.05, 3.63) is 0 Å². The van der Waals surface area contributed by atoms with Crippen molar-refractivity contribution >= 4 is 5.97 Å². The van der Waals surface area contributed by atoms with Gasteiger partial charge in [-0.25, -0.2) is 0 Å². The molecule has 0 spiro atoms. The van der Waals surface area contributed by atoms with Gasteiger partial charge in [0.15, 0.2) is 0 Å². The highest BCUT2D eigenvalue weighted by molar-refractivity contribution is 5.62. The smallest absolute Gasteiger partial charge is 0.300 e. The number of unbranched alkanes of at least 4 members (excludes halogenated alkanes) is 15. The van der Waals surface area contributed by atoms with Crippen LogP contribution in [0.1, 0.15) is 123 Å². The van der Waals surface area contributed by atoms with E-state index in [9.17, 15) is 0 Å². The molecule has 0 aliphatic carbocycles. The molecule has 0 radical (unpaired) electrons. The summed E-state index contributed by atoms with van der Waals surface area (Å²) in [4.78, 5) is 9.00. The molecular formula is C23H53N3O2. The third-order valence-corrected chi connectivity index (χ3v) is 4.47. The SMILES string of the molecule is CC(=O)O.CCCCCCCCCCCCCCCCCCN.NCCCN. The standard InChI is InChI=1S/C18H39N.C3H10N2.C2H4O2/c1-2-3-4-5-6-7-8-9-10-11-12-13-14-15-16-17-18-19;4-2-1-3-5;1-2(3)4/h2-19H2,1H3;1-5H2;1H3,(H,3,4). The summed E-state index contributed by atoms with van der Waals surface area (Å²) in [6.45, 7) is 5.68. The van der Waals surface area contributed by atoms with E-state index in [-0.39, 0.29) is 0 Å². The van der Waals surface area contributed by atoms with Crippen LogP contribution in [0.2, 0.25) is 0 Å². The molecule has 0 aromatic rings. The van der Waals surface area contributed by atoms with E-state index in [0.29, 0.717) is 0 Å². The average molecular weight is 404 g/mol. The molecule has 0 saturated carbocycles. The van der Waals surface area contributed by atoms with Gasteiger partial charge in [0.25, 0.3) is 5.97 Å². The first kappa shape index (κ1) is 32.0. The molecule has 0 fully saturated rings. The van der Waals surface area contributed by atoms with Gasteiger partial charge in [0.1, 0.15) is 0 Å². The van der Waals surface area contributed by atoms with Crippen LogP contribution in [0.4, 0.5) is 0 Å². The van der Waals surface area contributed by atoms with Crippen LogP contribution < -0.4 is 17.2 Å². The maximum absolute atomic E-state index is 9.00. The van der Waals surface area contributed by atoms with Crippen LogP contribution in [-0.2, 0) is 4.79 Å². The molecule has 0 saturated heterocycles. The highest BCUT2D eigenvalue weighted by Crippen LogP contribution is 2.13. The summed E-state index contributed by atoms with van der Waals surface area (Å²) in [5.74, 6) is -0.833. The fourth-order valence-electron chi connectivity index (χ4n) is 2.81. The Morgan fingerprint density at radius 1 is 0.536 bits per heavy atom. The number of carboxylic acid groups (broad SMARTS) is 1. The molecule has 7 N–H and O–H groups in total. The summed E-state index contributed by atoms with van der Waals surface area (Å²) in [6.07, 6.45) is 23.8. The van der Waals surface area contributed by atoms with Crippen LogP contribution in [-0.4, -0.2) is 30.7 Å². The van der Waals surface area contributed by atoms with E-state index < -0.39 is 5.97 Å². The van der Waals surface area contributed by atoms with Gasteiger partial charge in [-0.2, -0.15) is 0 Å². The van der Waals surface area contributed by atoms with Gasteiger partial charge in [0.2, 0.25) is 0 Å². The second kappa shape index (κ2) is 33.9. The van der Waals surface area contributed by atoms with Crippen molar-refractivity contribution < 1.29 is 9.90 Å². The summed E-state index contributed by atoms with van der Waals surface area (Å²) >= 11 is 0. The molecular weight excluding hydrogens is 350 g/mol. The topological polar surface area (TPSA) is 115 Å². The van der Waals surface area contributed by atoms with Gasteiger partial charge in [-0.05, 0) is 32.5 Å². The lowest BCUT2D eigenvalue weighted by Crippen LogP contribution is -2.06. The van der Waals surface area contributed by atoms with E-state index in [0.717, 1.165) is 33.0 Å². The first-order valence-corrected chi connectivity index (χ1v) is 11.9.